The normalized spacial score (nSPS) is 10.0. The first kappa shape index (κ1) is 13.2. The molecule has 1 aromatic carbocycles. The van der Waals surface area contributed by atoms with Gasteiger partial charge in [-0.15, -0.1) is 0 Å². The molecule has 0 spiro atoms. The second kappa shape index (κ2) is 6.03. The lowest BCUT2D eigenvalue weighted by Crippen LogP contribution is -2.11. The van der Waals surface area contributed by atoms with E-state index in [-0.39, 0.29) is 12.4 Å². The molecule has 0 fully saturated rings. The Morgan fingerprint density at radius 1 is 1.35 bits per heavy atom. The van der Waals surface area contributed by atoms with Crippen molar-refractivity contribution < 1.29 is 19.4 Å². The fraction of sp³-hybridized carbons (Fsp3) is 0.385. The minimum Gasteiger partial charge on any atom is -0.481 e. The smallest absolute Gasteiger partial charge is 0.338 e. The molecule has 0 aliphatic rings. The monoisotopic (exact) mass is 236 g/mol. The van der Waals surface area contributed by atoms with Crippen molar-refractivity contribution in [2.75, 3.05) is 6.61 Å². The van der Waals surface area contributed by atoms with Crippen LogP contribution in [0.5, 0.6) is 0 Å². The highest BCUT2D eigenvalue weighted by atomic mass is 16.5. The van der Waals surface area contributed by atoms with E-state index in [1.54, 1.807) is 13.0 Å². The molecular formula is C13H16O4. The van der Waals surface area contributed by atoms with Crippen molar-refractivity contribution in [2.45, 2.75) is 26.7 Å². The van der Waals surface area contributed by atoms with E-state index in [9.17, 15) is 9.59 Å². The fourth-order valence-electron chi connectivity index (χ4n) is 1.67. The maximum absolute atomic E-state index is 11.8. The lowest BCUT2D eigenvalue weighted by Gasteiger charge is -2.10. The quantitative estimate of drug-likeness (QED) is 0.796. The van der Waals surface area contributed by atoms with E-state index in [0.29, 0.717) is 18.6 Å². The second-order valence-corrected chi connectivity index (χ2v) is 3.72. The molecule has 0 aromatic heterocycles. The summed E-state index contributed by atoms with van der Waals surface area (Å²) in [6.45, 7) is 3.87. The third-order valence-corrected chi connectivity index (χ3v) is 2.45. The van der Waals surface area contributed by atoms with Gasteiger partial charge in [-0.3, -0.25) is 4.79 Å². The van der Waals surface area contributed by atoms with Gasteiger partial charge in [0.1, 0.15) is 0 Å². The van der Waals surface area contributed by atoms with Gasteiger partial charge in [-0.05, 0) is 31.4 Å². The molecule has 1 N–H and O–H groups in total. The van der Waals surface area contributed by atoms with Gasteiger partial charge in [0.15, 0.2) is 0 Å². The van der Waals surface area contributed by atoms with Crippen LogP contribution in [0.15, 0.2) is 18.2 Å². The van der Waals surface area contributed by atoms with Crippen molar-refractivity contribution in [1.29, 1.82) is 0 Å². The minimum absolute atomic E-state index is 0.00978. The van der Waals surface area contributed by atoms with Gasteiger partial charge in [-0.1, -0.05) is 18.2 Å². The first-order chi connectivity index (χ1) is 8.06. The van der Waals surface area contributed by atoms with Crippen LogP contribution in [-0.4, -0.2) is 23.7 Å². The zero-order valence-electron chi connectivity index (χ0n) is 10.0. The van der Waals surface area contributed by atoms with E-state index in [0.717, 1.165) is 11.1 Å². The number of aliphatic carboxylic acids is 1. The Labute approximate surface area is 100 Å². The molecule has 0 heterocycles. The van der Waals surface area contributed by atoms with Gasteiger partial charge in [0, 0.05) is 6.42 Å². The summed E-state index contributed by atoms with van der Waals surface area (Å²) in [5.41, 5.74) is 2.03. The molecule has 0 atom stereocenters. The van der Waals surface area contributed by atoms with E-state index < -0.39 is 5.97 Å². The van der Waals surface area contributed by atoms with Crippen molar-refractivity contribution >= 4 is 11.9 Å². The van der Waals surface area contributed by atoms with Crippen molar-refractivity contribution in [2.24, 2.45) is 0 Å². The van der Waals surface area contributed by atoms with Crippen molar-refractivity contribution in [3.63, 3.8) is 0 Å². The van der Waals surface area contributed by atoms with Gasteiger partial charge in [0.25, 0.3) is 0 Å². The first-order valence-electron chi connectivity index (χ1n) is 5.53. The van der Waals surface area contributed by atoms with Crippen LogP contribution in [0.1, 0.15) is 34.8 Å². The Balaban J connectivity index is 2.99. The highest BCUT2D eigenvalue weighted by Gasteiger charge is 2.15. The average molecular weight is 236 g/mol. The van der Waals surface area contributed by atoms with Crippen LogP contribution < -0.4 is 0 Å². The molecule has 0 saturated carbocycles. The molecule has 0 radical (unpaired) electrons. The number of benzene rings is 1. The number of ether oxygens (including phenoxy) is 1. The fourth-order valence-corrected chi connectivity index (χ4v) is 1.67. The van der Waals surface area contributed by atoms with Crippen LogP contribution in [0.4, 0.5) is 0 Å². The Bertz CT molecular complexity index is 423. The lowest BCUT2D eigenvalue weighted by atomic mass is 9.98. The first-order valence-corrected chi connectivity index (χ1v) is 5.53. The van der Waals surface area contributed by atoms with Crippen LogP contribution in [-0.2, 0) is 16.0 Å². The number of carboxylic acids is 1. The largest absolute Gasteiger partial charge is 0.481 e. The van der Waals surface area contributed by atoms with Crippen LogP contribution in [0.3, 0.4) is 0 Å². The third kappa shape index (κ3) is 3.59. The Hall–Kier alpha value is -1.84. The van der Waals surface area contributed by atoms with E-state index in [4.69, 9.17) is 9.84 Å². The molecule has 17 heavy (non-hydrogen) atoms. The van der Waals surface area contributed by atoms with Crippen molar-refractivity contribution in [1.82, 2.24) is 0 Å². The maximum Gasteiger partial charge on any atom is 0.338 e. The number of esters is 1. The second-order valence-electron chi connectivity index (χ2n) is 3.72. The summed E-state index contributed by atoms with van der Waals surface area (Å²) < 4.78 is 4.97. The van der Waals surface area contributed by atoms with Gasteiger partial charge in [-0.25, -0.2) is 4.79 Å². The number of hydrogen-bond donors (Lipinski definition) is 1. The highest BCUT2D eigenvalue weighted by molar-refractivity contribution is 5.92. The molecule has 92 valence electrons. The topological polar surface area (TPSA) is 63.6 Å². The molecule has 0 amide bonds. The zero-order valence-corrected chi connectivity index (χ0v) is 10.0. The van der Waals surface area contributed by atoms with Gasteiger partial charge in [0.05, 0.1) is 12.2 Å². The summed E-state index contributed by atoms with van der Waals surface area (Å²) in [6, 6.07) is 5.40. The van der Waals surface area contributed by atoms with E-state index >= 15 is 0 Å². The van der Waals surface area contributed by atoms with Gasteiger partial charge in [0.2, 0.25) is 0 Å². The Morgan fingerprint density at radius 2 is 2.06 bits per heavy atom. The van der Waals surface area contributed by atoms with Gasteiger partial charge >= 0.3 is 11.9 Å². The van der Waals surface area contributed by atoms with Crippen molar-refractivity contribution in [3.8, 4) is 0 Å². The molecule has 0 unspecified atom stereocenters. The lowest BCUT2D eigenvalue weighted by molar-refractivity contribution is -0.136. The molecular weight excluding hydrogens is 220 g/mol. The summed E-state index contributed by atoms with van der Waals surface area (Å²) >= 11 is 0. The molecule has 1 rings (SSSR count). The number of carboxylic acid groups (broad SMARTS) is 1. The number of aryl methyl sites for hydroxylation is 2. The maximum atomic E-state index is 11.8. The van der Waals surface area contributed by atoms with Crippen molar-refractivity contribution in [3.05, 3.63) is 34.9 Å². The molecule has 0 aliphatic carbocycles. The third-order valence-electron chi connectivity index (χ3n) is 2.45. The summed E-state index contributed by atoms with van der Waals surface area (Å²) in [7, 11) is 0. The molecule has 0 aliphatic heterocycles. The highest BCUT2D eigenvalue weighted by Crippen LogP contribution is 2.17. The summed E-state index contributed by atoms with van der Waals surface area (Å²) in [5, 5.41) is 8.66. The SMILES string of the molecule is CCOC(=O)c1c(C)cccc1CCC(=O)O. The van der Waals surface area contributed by atoms with Crippen LogP contribution in [0.25, 0.3) is 0 Å². The van der Waals surface area contributed by atoms with Crippen LogP contribution in [0.2, 0.25) is 0 Å². The molecule has 4 heteroatoms. The van der Waals surface area contributed by atoms with Crippen LogP contribution >= 0.6 is 0 Å². The van der Waals surface area contributed by atoms with E-state index in [1.807, 2.05) is 19.1 Å². The summed E-state index contributed by atoms with van der Waals surface area (Å²) in [4.78, 5) is 22.3. The summed E-state index contributed by atoms with van der Waals surface area (Å²) in [5.74, 6) is -1.26. The number of hydrogen-bond acceptors (Lipinski definition) is 3. The standard InChI is InChI=1S/C13H16O4/c1-3-17-13(16)12-9(2)5-4-6-10(12)7-8-11(14)15/h4-6H,3,7-8H2,1-2H3,(H,14,15). The van der Waals surface area contributed by atoms with Crippen LogP contribution in [0, 0.1) is 6.92 Å². The Morgan fingerprint density at radius 3 is 2.65 bits per heavy atom. The molecule has 0 saturated heterocycles. The van der Waals surface area contributed by atoms with Gasteiger partial charge < -0.3 is 9.84 Å². The molecule has 4 nitrogen and oxygen atoms in total. The molecule has 1 aromatic rings. The van der Waals surface area contributed by atoms with E-state index in [1.165, 1.54) is 0 Å². The summed E-state index contributed by atoms with van der Waals surface area (Å²) in [6.07, 6.45) is 0.348. The number of rotatable bonds is 5. The number of carbonyl (C=O) groups excluding carboxylic acids is 1. The number of carbonyl (C=O) groups is 2. The predicted octanol–water partition coefficient (Wildman–Crippen LogP) is 2.19. The predicted molar refractivity (Wildman–Crippen MR) is 63.1 cm³/mol. The van der Waals surface area contributed by atoms with Gasteiger partial charge in [-0.2, -0.15) is 0 Å². The average Bonchev–Trinajstić information content (AvgIpc) is 2.26. The molecule has 0 bridgehead atoms. The minimum atomic E-state index is -0.874. The zero-order chi connectivity index (χ0) is 12.8. The Kier molecular flexibility index (Phi) is 4.69. The van der Waals surface area contributed by atoms with E-state index in [2.05, 4.69) is 0 Å².